The molecule has 0 radical (unpaired) electrons. The van der Waals surface area contributed by atoms with Crippen LogP contribution >= 0.6 is 0 Å². The van der Waals surface area contributed by atoms with Gasteiger partial charge in [0.25, 0.3) is 0 Å². The van der Waals surface area contributed by atoms with Crippen molar-refractivity contribution in [2.45, 2.75) is 32.2 Å². The second-order valence-corrected chi connectivity index (χ2v) is 4.49. The number of hydrogen-bond acceptors (Lipinski definition) is 2. The Hall–Kier alpha value is -1.28. The number of benzene rings is 1. The summed E-state index contributed by atoms with van der Waals surface area (Å²) in [5, 5.41) is 0. The van der Waals surface area contributed by atoms with Gasteiger partial charge in [-0.1, -0.05) is 18.2 Å². The van der Waals surface area contributed by atoms with Crippen molar-refractivity contribution in [1.82, 2.24) is 5.43 Å². The third-order valence-electron chi connectivity index (χ3n) is 3.20. The van der Waals surface area contributed by atoms with Crippen molar-refractivity contribution in [3.8, 4) is 0 Å². The van der Waals surface area contributed by atoms with Crippen LogP contribution in [0, 0.1) is 19.8 Å². The first-order valence-electron chi connectivity index (χ1n) is 5.65. The fourth-order valence-electron chi connectivity index (χ4n) is 2.04. The lowest BCUT2D eigenvalue weighted by molar-refractivity contribution is -0.293. The van der Waals surface area contributed by atoms with E-state index in [0.717, 1.165) is 0 Å². The first kappa shape index (κ1) is 16.8. The summed E-state index contributed by atoms with van der Waals surface area (Å²) in [6.07, 6.45) is -10.9. The Bertz CT molecular complexity index is 452. The molecule has 0 heterocycles. The molecule has 0 amide bonds. The number of hydrogen-bond donors (Lipinski definition) is 2. The van der Waals surface area contributed by atoms with Crippen LogP contribution in [0.2, 0.25) is 0 Å². The third-order valence-corrected chi connectivity index (χ3v) is 3.20. The maximum absolute atomic E-state index is 12.8. The lowest BCUT2D eigenvalue weighted by atomic mass is 9.88. The maximum atomic E-state index is 12.8. The van der Waals surface area contributed by atoms with Gasteiger partial charge in [0, 0.05) is 0 Å². The van der Waals surface area contributed by atoms with Crippen LogP contribution in [-0.2, 0) is 0 Å². The molecule has 0 bridgehead atoms. The van der Waals surface area contributed by atoms with Crippen LogP contribution in [0.25, 0.3) is 0 Å². The van der Waals surface area contributed by atoms with Crippen molar-refractivity contribution in [2.24, 2.45) is 11.8 Å². The van der Waals surface area contributed by atoms with Crippen molar-refractivity contribution in [1.29, 1.82) is 0 Å². The van der Waals surface area contributed by atoms with Crippen molar-refractivity contribution < 1.29 is 26.3 Å². The maximum Gasteiger partial charge on any atom is 0.402 e. The van der Waals surface area contributed by atoms with E-state index in [1.165, 1.54) is 19.1 Å². The molecule has 0 aromatic heterocycles. The molecule has 0 aliphatic carbocycles. The predicted octanol–water partition coefficient (Wildman–Crippen LogP) is 3.55. The predicted molar refractivity (Wildman–Crippen MR) is 61.6 cm³/mol. The molecule has 2 nitrogen and oxygen atoms in total. The molecule has 0 aliphatic rings. The van der Waals surface area contributed by atoms with Crippen LogP contribution in [0.4, 0.5) is 26.3 Å². The summed E-state index contributed by atoms with van der Waals surface area (Å²) < 4.78 is 76.5. The third kappa shape index (κ3) is 3.43. The van der Waals surface area contributed by atoms with Crippen LogP contribution in [0.15, 0.2) is 18.2 Å². The van der Waals surface area contributed by atoms with E-state index < -0.39 is 24.3 Å². The quantitative estimate of drug-likeness (QED) is 0.509. The minimum absolute atomic E-state index is 0.118. The molecular formula is C12H14F6N2. The molecule has 0 aliphatic heterocycles. The summed E-state index contributed by atoms with van der Waals surface area (Å²) in [5.74, 6) is 1.40. The zero-order valence-electron chi connectivity index (χ0n) is 10.7. The van der Waals surface area contributed by atoms with Crippen LogP contribution in [0.1, 0.15) is 22.7 Å². The average Bonchev–Trinajstić information content (AvgIpc) is 2.26. The Balaban J connectivity index is 3.39. The highest BCUT2D eigenvalue weighted by molar-refractivity contribution is 5.36. The number of alkyl halides is 6. The average molecular weight is 300 g/mol. The van der Waals surface area contributed by atoms with Crippen molar-refractivity contribution in [3.05, 3.63) is 34.9 Å². The van der Waals surface area contributed by atoms with Gasteiger partial charge >= 0.3 is 12.4 Å². The molecular weight excluding hydrogens is 286 g/mol. The molecule has 1 aromatic rings. The van der Waals surface area contributed by atoms with Crippen LogP contribution in [-0.4, -0.2) is 12.4 Å². The lowest BCUT2D eigenvalue weighted by Gasteiger charge is -2.31. The van der Waals surface area contributed by atoms with Gasteiger partial charge in [0.2, 0.25) is 0 Å². The van der Waals surface area contributed by atoms with Crippen molar-refractivity contribution in [2.75, 3.05) is 0 Å². The molecule has 1 aromatic carbocycles. The second kappa shape index (κ2) is 5.61. The Kier molecular flexibility index (Phi) is 4.70. The van der Waals surface area contributed by atoms with Gasteiger partial charge in [0.15, 0.2) is 5.92 Å². The smallest absolute Gasteiger partial charge is 0.271 e. The minimum Gasteiger partial charge on any atom is -0.271 e. The molecule has 0 spiro atoms. The topological polar surface area (TPSA) is 38.0 Å². The Morgan fingerprint density at radius 3 is 1.90 bits per heavy atom. The van der Waals surface area contributed by atoms with Crippen LogP contribution in [0.3, 0.4) is 0 Å². The highest BCUT2D eigenvalue weighted by Gasteiger charge is 2.60. The van der Waals surface area contributed by atoms with E-state index in [1.54, 1.807) is 18.4 Å². The Labute approximate surface area is 111 Å². The lowest BCUT2D eigenvalue weighted by Crippen LogP contribution is -2.48. The number of halogens is 6. The van der Waals surface area contributed by atoms with Gasteiger partial charge in [-0.2, -0.15) is 26.3 Å². The standard InChI is InChI=1S/C12H14F6N2/c1-6-4-3-5-8(7(6)2)9(20-19)10(11(13,14)15)12(16,17)18/h3-5,9-10,20H,19H2,1-2H3. The fourth-order valence-corrected chi connectivity index (χ4v) is 2.04. The molecule has 3 N–H and O–H groups in total. The SMILES string of the molecule is Cc1cccc(C(NN)C(C(F)(F)F)C(F)(F)F)c1C. The molecule has 0 saturated carbocycles. The van der Waals surface area contributed by atoms with E-state index in [0.29, 0.717) is 11.1 Å². The zero-order chi connectivity index (χ0) is 15.7. The molecule has 114 valence electrons. The highest BCUT2D eigenvalue weighted by atomic mass is 19.4. The summed E-state index contributed by atoms with van der Waals surface area (Å²) in [4.78, 5) is 0. The summed E-state index contributed by atoms with van der Waals surface area (Å²) in [7, 11) is 0. The summed E-state index contributed by atoms with van der Waals surface area (Å²) >= 11 is 0. The summed E-state index contributed by atoms with van der Waals surface area (Å²) in [6.45, 7) is 3.06. The second-order valence-electron chi connectivity index (χ2n) is 4.49. The molecule has 1 unspecified atom stereocenters. The van der Waals surface area contributed by atoms with Crippen LogP contribution in [0.5, 0.6) is 0 Å². The van der Waals surface area contributed by atoms with E-state index in [4.69, 9.17) is 5.84 Å². The van der Waals surface area contributed by atoms with Crippen molar-refractivity contribution >= 4 is 0 Å². The molecule has 0 saturated heterocycles. The number of nitrogens with one attached hydrogen (secondary N) is 1. The normalized spacial score (nSPS) is 14.7. The minimum atomic E-state index is -5.45. The van der Waals surface area contributed by atoms with Gasteiger partial charge in [-0.3, -0.25) is 11.3 Å². The van der Waals surface area contributed by atoms with Gasteiger partial charge in [-0.25, -0.2) is 0 Å². The van der Waals surface area contributed by atoms with E-state index in [9.17, 15) is 26.3 Å². The first-order valence-corrected chi connectivity index (χ1v) is 5.65. The van der Waals surface area contributed by atoms with Crippen molar-refractivity contribution in [3.63, 3.8) is 0 Å². The van der Waals surface area contributed by atoms with E-state index in [-0.39, 0.29) is 5.56 Å². The highest BCUT2D eigenvalue weighted by Crippen LogP contribution is 2.46. The van der Waals surface area contributed by atoms with E-state index in [2.05, 4.69) is 0 Å². The van der Waals surface area contributed by atoms with Gasteiger partial charge in [-0.05, 0) is 30.5 Å². The fraction of sp³-hybridized carbons (Fsp3) is 0.500. The van der Waals surface area contributed by atoms with E-state index >= 15 is 0 Å². The first-order chi connectivity index (χ1) is 9.00. The molecule has 1 atom stereocenters. The number of hydrazine groups is 1. The molecule has 20 heavy (non-hydrogen) atoms. The number of rotatable bonds is 3. The zero-order valence-corrected chi connectivity index (χ0v) is 10.7. The Morgan fingerprint density at radius 2 is 1.50 bits per heavy atom. The summed E-state index contributed by atoms with van der Waals surface area (Å²) in [5.41, 5.74) is 2.47. The number of nitrogens with two attached hydrogens (primary N) is 1. The van der Waals surface area contributed by atoms with Gasteiger partial charge in [0.05, 0.1) is 6.04 Å². The monoisotopic (exact) mass is 300 g/mol. The molecule has 0 fully saturated rings. The summed E-state index contributed by atoms with van der Waals surface area (Å²) in [6, 6.07) is 2.11. The largest absolute Gasteiger partial charge is 0.402 e. The number of aryl methyl sites for hydroxylation is 1. The van der Waals surface area contributed by atoms with Gasteiger partial charge < -0.3 is 0 Å². The molecule has 1 rings (SSSR count). The van der Waals surface area contributed by atoms with Gasteiger partial charge in [0.1, 0.15) is 0 Å². The van der Waals surface area contributed by atoms with E-state index in [1.807, 2.05) is 0 Å². The Morgan fingerprint density at radius 1 is 1.00 bits per heavy atom. The van der Waals surface area contributed by atoms with Gasteiger partial charge in [-0.15, -0.1) is 0 Å². The van der Waals surface area contributed by atoms with Crippen LogP contribution < -0.4 is 11.3 Å². The molecule has 8 heteroatoms.